The summed E-state index contributed by atoms with van der Waals surface area (Å²) in [6, 6.07) is 3.25. The summed E-state index contributed by atoms with van der Waals surface area (Å²) in [5.74, 6) is -1.71. The lowest BCUT2D eigenvalue weighted by atomic mass is 10.1. The largest absolute Gasteiger partial charge is 0.463 e. The summed E-state index contributed by atoms with van der Waals surface area (Å²) >= 11 is 0. The predicted molar refractivity (Wildman–Crippen MR) is 64.7 cm³/mol. The Kier molecular flexibility index (Phi) is 4.53. The molecule has 0 unspecified atom stereocenters. The van der Waals surface area contributed by atoms with Crippen molar-refractivity contribution in [3.63, 3.8) is 0 Å². The maximum Gasteiger partial charge on any atom is 0.302 e. The van der Waals surface area contributed by atoms with Crippen LogP contribution >= 0.6 is 0 Å². The van der Waals surface area contributed by atoms with Gasteiger partial charge in [-0.15, -0.1) is 0 Å². The van der Waals surface area contributed by atoms with Gasteiger partial charge in [0, 0.05) is 24.8 Å². The maximum atomic E-state index is 13.3. The second-order valence-electron chi connectivity index (χ2n) is 4.52. The van der Waals surface area contributed by atoms with Crippen molar-refractivity contribution in [2.75, 3.05) is 6.61 Å². The Bertz CT molecular complexity index is 470. The summed E-state index contributed by atoms with van der Waals surface area (Å²) in [4.78, 5) is 14.8. The fraction of sp³-hybridized carbons (Fsp3) is 0.385. The first kappa shape index (κ1) is 14.3. The molecule has 0 saturated heterocycles. The molecule has 0 aliphatic carbocycles. The van der Waals surface area contributed by atoms with Crippen LogP contribution < -0.4 is 0 Å². The van der Waals surface area contributed by atoms with Crippen molar-refractivity contribution >= 4 is 12.2 Å². The lowest BCUT2D eigenvalue weighted by Crippen LogP contribution is -2.26. The van der Waals surface area contributed by atoms with Gasteiger partial charge in [-0.2, -0.15) is 0 Å². The highest BCUT2D eigenvalue weighted by Gasteiger charge is 2.17. The number of nitrogens with zero attached hydrogens (tertiary/aromatic N) is 1. The molecule has 1 rings (SSSR count). The monoisotopic (exact) mass is 255 g/mol. The molecule has 18 heavy (non-hydrogen) atoms. The van der Waals surface area contributed by atoms with E-state index >= 15 is 0 Å². The van der Waals surface area contributed by atoms with Crippen LogP contribution in [0.1, 0.15) is 26.3 Å². The number of esters is 1. The number of rotatable bonds is 4. The summed E-state index contributed by atoms with van der Waals surface area (Å²) in [5.41, 5.74) is -0.473. The van der Waals surface area contributed by atoms with Gasteiger partial charge in [-0.05, 0) is 26.0 Å². The molecule has 0 fully saturated rings. The van der Waals surface area contributed by atoms with E-state index in [-0.39, 0.29) is 12.2 Å². The third kappa shape index (κ3) is 4.61. The number of aliphatic imine (C=N–C) groups is 1. The smallest absolute Gasteiger partial charge is 0.302 e. The van der Waals surface area contributed by atoms with Gasteiger partial charge in [0.25, 0.3) is 0 Å². The highest BCUT2D eigenvalue weighted by atomic mass is 19.1. The number of halogens is 2. The lowest BCUT2D eigenvalue weighted by Gasteiger charge is -2.18. The number of ether oxygens (including phenoxy) is 1. The zero-order valence-electron chi connectivity index (χ0n) is 10.5. The summed E-state index contributed by atoms with van der Waals surface area (Å²) in [7, 11) is 0. The second kappa shape index (κ2) is 5.71. The van der Waals surface area contributed by atoms with Gasteiger partial charge in [-0.3, -0.25) is 9.79 Å². The molecule has 0 bridgehead atoms. The van der Waals surface area contributed by atoms with Crippen molar-refractivity contribution in [1.29, 1.82) is 0 Å². The molecular formula is C13H15F2NO2. The molecule has 98 valence electrons. The Balaban J connectivity index is 2.75. The summed E-state index contributed by atoms with van der Waals surface area (Å²) < 4.78 is 30.9. The molecular weight excluding hydrogens is 240 g/mol. The van der Waals surface area contributed by atoms with Gasteiger partial charge in [0.1, 0.15) is 18.2 Å². The van der Waals surface area contributed by atoms with Crippen molar-refractivity contribution in [1.82, 2.24) is 0 Å². The lowest BCUT2D eigenvalue weighted by molar-refractivity contribution is -0.142. The Morgan fingerprint density at radius 1 is 1.44 bits per heavy atom. The molecule has 1 aromatic rings. The Morgan fingerprint density at radius 2 is 2.11 bits per heavy atom. The van der Waals surface area contributed by atoms with E-state index in [0.717, 1.165) is 12.1 Å². The topological polar surface area (TPSA) is 38.7 Å². The Hall–Kier alpha value is -1.78. The van der Waals surface area contributed by atoms with Crippen LogP contribution in [0.2, 0.25) is 0 Å². The predicted octanol–water partition coefficient (Wildman–Crippen LogP) is 2.73. The first-order valence-electron chi connectivity index (χ1n) is 5.44. The molecule has 1 aromatic carbocycles. The number of benzene rings is 1. The minimum atomic E-state index is -0.679. The number of carbonyl (C=O) groups is 1. The van der Waals surface area contributed by atoms with Crippen molar-refractivity contribution in [2.24, 2.45) is 4.99 Å². The van der Waals surface area contributed by atoms with Crippen LogP contribution in [0.3, 0.4) is 0 Å². The van der Waals surface area contributed by atoms with Crippen molar-refractivity contribution < 1.29 is 18.3 Å². The number of carbonyl (C=O) groups excluding carboxylic acids is 1. The van der Waals surface area contributed by atoms with E-state index < -0.39 is 23.1 Å². The van der Waals surface area contributed by atoms with E-state index in [4.69, 9.17) is 4.74 Å². The molecule has 0 spiro atoms. The highest BCUT2D eigenvalue weighted by molar-refractivity contribution is 5.80. The Morgan fingerprint density at radius 3 is 2.67 bits per heavy atom. The average molecular weight is 255 g/mol. The van der Waals surface area contributed by atoms with E-state index in [1.54, 1.807) is 13.8 Å². The number of hydrogen-bond acceptors (Lipinski definition) is 3. The zero-order chi connectivity index (χ0) is 13.8. The molecule has 0 radical (unpaired) electrons. The van der Waals surface area contributed by atoms with E-state index in [1.807, 2.05) is 0 Å². The fourth-order valence-corrected chi connectivity index (χ4v) is 1.17. The van der Waals surface area contributed by atoms with Crippen molar-refractivity contribution in [3.05, 3.63) is 35.4 Å². The van der Waals surface area contributed by atoms with Crippen LogP contribution in [0.5, 0.6) is 0 Å². The standard InChI is InChI=1S/C13H15F2NO2/c1-9(17)18-8-13(2,3)16-7-10-4-5-11(14)6-12(10)15/h4-7H,8H2,1-3H3. The van der Waals surface area contributed by atoms with Gasteiger partial charge in [0.05, 0.1) is 5.54 Å². The third-order valence-electron chi connectivity index (χ3n) is 2.14. The summed E-state index contributed by atoms with van der Waals surface area (Å²) in [6.07, 6.45) is 1.30. The molecule has 3 nitrogen and oxygen atoms in total. The van der Waals surface area contributed by atoms with Crippen LogP contribution in [0.25, 0.3) is 0 Å². The number of hydrogen-bond donors (Lipinski definition) is 0. The van der Waals surface area contributed by atoms with Gasteiger partial charge >= 0.3 is 5.97 Å². The quantitative estimate of drug-likeness (QED) is 0.613. The van der Waals surface area contributed by atoms with Crippen LogP contribution in [0.15, 0.2) is 23.2 Å². The van der Waals surface area contributed by atoms with Crippen LogP contribution in [-0.2, 0) is 9.53 Å². The second-order valence-corrected chi connectivity index (χ2v) is 4.52. The maximum absolute atomic E-state index is 13.3. The molecule has 0 saturated carbocycles. The first-order chi connectivity index (χ1) is 8.30. The van der Waals surface area contributed by atoms with E-state index in [9.17, 15) is 13.6 Å². The van der Waals surface area contributed by atoms with Crippen molar-refractivity contribution in [3.8, 4) is 0 Å². The van der Waals surface area contributed by atoms with E-state index in [2.05, 4.69) is 4.99 Å². The molecule has 0 N–H and O–H groups in total. The van der Waals surface area contributed by atoms with Crippen LogP contribution in [-0.4, -0.2) is 24.3 Å². The van der Waals surface area contributed by atoms with Gasteiger partial charge in [0.2, 0.25) is 0 Å². The normalized spacial score (nSPS) is 11.8. The van der Waals surface area contributed by atoms with Gasteiger partial charge in [0.15, 0.2) is 0 Å². The highest BCUT2D eigenvalue weighted by Crippen LogP contribution is 2.12. The summed E-state index contributed by atoms with van der Waals surface area (Å²) in [5, 5.41) is 0. The minimum Gasteiger partial charge on any atom is -0.463 e. The first-order valence-corrected chi connectivity index (χ1v) is 5.44. The van der Waals surface area contributed by atoms with Gasteiger partial charge in [-0.1, -0.05) is 0 Å². The van der Waals surface area contributed by atoms with Crippen molar-refractivity contribution in [2.45, 2.75) is 26.3 Å². The molecule has 0 aromatic heterocycles. The van der Waals surface area contributed by atoms with Crippen LogP contribution in [0.4, 0.5) is 8.78 Å². The molecule has 0 aliphatic heterocycles. The average Bonchev–Trinajstić information content (AvgIpc) is 2.25. The van der Waals surface area contributed by atoms with Gasteiger partial charge in [-0.25, -0.2) is 8.78 Å². The minimum absolute atomic E-state index is 0.0989. The molecule has 5 heteroatoms. The third-order valence-corrected chi connectivity index (χ3v) is 2.14. The molecule has 0 heterocycles. The van der Waals surface area contributed by atoms with Gasteiger partial charge < -0.3 is 4.74 Å². The Labute approximate surface area is 104 Å². The SMILES string of the molecule is CC(=O)OCC(C)(C)N=Cc1ccc(F)cc1F. The molecule has 0 aliphatic rings. The van der Waals surface area contributed by atoms with Crippen LogP contribution in [0, 0.1) is 11.6 Å². The molecule has 0 amide bonds. The molecule has 0 atom stereocenters. The zero-order valence-corrected chi connectivity index (χ0v) is 10.5. The van der Waals surface area contributed by atoms with E-state index in [1.165, 1.54) is 19.2 Å². The summed E-state index contributed by atoms with van der Waals surface area (Å²) in [6.45, 7) is 4.89. The fourth-order valence-electron chi connectivity index (χ4n) is 1.17. The van der Waals surface area contributed by atoms with E-state index in [0.29, 0.717) is 0 Å².